The SMILES string of the molecule is COC(=O)CN=Cc1cc(-n2cccn2)c([C@H](C)Oc2cc3cc(F)ccc3nc2NC(=O)OC(C)(C)C)cc1N. The fraction of sp³-hybridized carbons (Fsp3) is 0.276. The van der Waals surface area contributed by atoms with Gasteiger partial charge < -0.3 is 19.9 Å². The number of methoxy groups -OCH3 is 1. The topological polar surface area (TPSA) is 143 Å². The lowest BCUT2D eigenvalue weighted by Gasteiger charge is -2.23. The number of nitrogens with one attached hydrogen (secondary N) is 1. The van der Waals surface area contributed by atoms with Gasteiger partial charge >= 0.3 is 12.1 Å². The number of benzene rings is 2. The number of halogens is 1. The van der Waals surface area contributed by atoms with E-state index in [4.69, 9.17) is 15.2 Å². The highest BCUT2D eigenvalue weighted by Crippen LogP contribution is 2.35. The van der Waals surface area contributed by atoms with E-state index in [1.54, 1.807) is 69.0 Å². The van der Waals surface area contributed by atoms with Crippen LogP contribution < -0.4 is 15.8 Å². The zero-order valence-corrected chi connectivity index (χ0v) is 23.3. The Labute approximate surface area is 236 Å². The van der Waals surface area contributed by atoms with Gasteiger partial charge in [-0.1, -0.05) is 0 Å². The number of aromatic nitrogens is 3. The summed E-state index contributed by atoms with van der Waals surface area (Å²) in [5, 5.41) is 7.46. The minimum absolute atomic E-state index is 0.102. The number of esters is 1. The van der Waals surface area contributed by atoms with Crippen molar-refractivity contribution in [2.45, 2.75) is 39.4 Å². The number of nitrogens with two attached hydrogens (primary N) is 1. The third kappa shape index (κ3) is 7.35. The Balaban J connectivity index is 1.73. The molecule has 0 aliphatic heterocycles. The number of rotatable bonds is 8. The fourth-order valence-electron chi connectivity index (χ4n) is 3.93. The van der Waals surface area contributed by atoms with Crippen molar-refractivity contribution in [3.05, 3.63) is 71.8 Å². The van der Waals surface area contributed by atoms with E-state index in [0.29, 0.717) is 33.4 Å². The molecular formula is C29H31FN6O5. The average Bonchev–Trinajstić information content (AvgIpc) is 3.43. The summed E-state index contributed by atoms with van der Waals surface area (Å²) in [4.78, 5) is 32.7. The van der Waals surface area contributed by atoms with Crippen LogP contribution in [-0.2, 0) is 14.3 Å². The number of hydrogen-bond acceptors (Lipinski definition) is 9. The highest BCUT2D eigenvalue weighted by atomic mass is 19.1. The van der Waals surface area contributed by atoms with E-state index < -0.39 is 29.6 Å². The van der Waals surface area contributed by atoms with Crippen LogP contribution in [0.2, 0.25) is 0 Å². The number of nitrogen functional groups attached to an aromatic ring is 1. The molecule has 2 aromatic heterocycles. The van der Waals surface area contributed by atoms with Crippen LogP contribution in [-0.4, -0.2) is 52.3 Å². The number of carbonyl (C=O) groups is 2. The summed E-state index contributed by atoms with van der Waals surface area (Å²) in [6, 6.07) is 11.0. The Bertz CT molecular complexity index is 1600. The Morgan fingerprint density at radius 2 is 2.00 bits per heavy atom. The van der Waals surface area contributed by atoms with Crippen molar-refractivity contribution in [1.82, 2.24) is 14.8 Å². The number of carbonyl (C=O) groups excluding carboxylic acids is 2. The Kier molecular flexibility index (Phi) is 8.51. The lowest BCUT2D eigenvalue weighted by Crippen LogP contribution is -2.27. The molecule has 2 heterocycles. The predicted octanol–water partition coefficient (Wildman–Crippen LogP) is 5.22. The second-order valence-corrected chi connectivity index (χ2v) is 10.1. The van der Waals surface area contributed by atoms with Crippen molar-refractivity contribution in [3.63, 3.8) is 0 Å². The first-order valence-electron chi connectivity index (χ1n) is 12.7. The normalized spacial score (nSPS) is 12.3. The second kappa shape index (κ2) is 12.0. The van der Waals surface area contributed by atoms with Gasteiger partial charge in [-0.05, 0) is 70.2 Å². The Hall–Kier alpha value is -5.00. The van der Waals surface area contributed by atoms with E-state index in [-0.39, 0.29) is 18.1 Å². The molecule has 214 valence electrons. The molecule has 4 rings (SSSR count). The van der Waals surface area contributed by atoms with E-state index in [1.807, 2.05) is 0 Å². The summed E-state index contributed by atoms with van der Waals surface area (Å²) in [6.45, 7) is 6.87. The van der Waals surface area contributed by atoms with Gasteiger partial charge in [-0.3, -0.25) is 15.1 Å². The van der Waals surface area contributed by atoms with Gasteiger partial charge in [0.15, 0.2) is 11.6 Å². The number of nitrogens with zero attached hydrogens (tertiary/aromatic N) is 4. The molecule has 0 saturated heterocycles. The number of anilines is 2. The van der Waals surface area contributed by atoms with Gasteiger partial charge in [0, 0.05) is 40.8 Å². The highest BCUT2D eigenvalue weighted by Gasteiger charge is 2.22. The van der Waals surface area contributed by atoms with E-state index in [0.717, 1.165) is 0 Å². The molecule has 0 bridgehead atoms. The molecule has 41 heavy (non-hydrogen) atoms. The summed E-state index contributed by atoms with van der Waals surface area (Å²) >= 11 is 0. The maximum atomic E-state index is 14.0. The van der Waals surface area contributed by atoms with Crippen LogP contribution >= 0.6 is 0 Å². The summed E-state index contributed by atoms with van der Waals surface area (Å²) in [6.07, 6.45) is 3.50. The molecule has 1 amide bonds. The van der Waals surface area contributed by atoms with E-state index in [2.05, 4.69) is 25.1 Å². The monoisotopic (exact) mass is 562 g/mol. The number of pyridine rings is 1. The van der Waals surface area contributed by atoms with Gasteiger partial charge in [0.2, 0.25) is 0 Å². The second-order valence-electron chi connectivity index (χ2n) is 10.1. The summed E-state index contributed by atoms with van der Waals surface area (Å²) in [5.74, 6) is -0.629. The third-order valence-corrected chi connectivity index (χ3v) is 5.76. The van der Waals surface area contributed by atoms with Crippen LogP contribution in [0.25, 0.3) is 16.6 Å². The molecule has 12 heteroatoms. The Morgan fingerprint density at radius 1 is 1.22 bits per heavy atom. The molecule has 0 spiro atoms. The van der Waals surface area contributed by atoms with Crippen molar-refractivity contribution in [1.29, 1.82) is 0 Å². The number of aliphatic imine (C=N–C) groups is 1. The molecule has 2 aromatic carbocycles. The summed E-state index contributed by atoms with van der Waals surface area (Å²) in [7, 11) is 1.29. The van der Waals surface area contributed by atoms with E-state index >= 15 is 0 Å². The van der Waals surface area contributed by atoms with Crippen molar-refractivity contribution in [2.75, 3.05) is 24.7 Å². The van der Waals surface area contributed by atoms with Crippen molar-refractivity contribution in [3.8, 4) is 11.4 Å². The number of amides is 1. The van der Waals surface area contributed by atoms with Gasteiger partial charge in [-0.2, -0.15) is 5.10 Å². The molecule has 4 aromatic rings. The fourth-order valence-corrected chi connectivity index (χ4v) is 3.93. The predicted molar refractivity (Wildman–Crippen MR) is 153 cm³/mol. The zero-order valence-electron chi connectivity index (χ0n) is 23.3. The quantitative estimate of drug-likeness (QED) is 0.169. The first-order valence-corrected chi connectivity index (χ1v) is 12.7. The third-order valence-electron chi connectivity index (χ3n) is 5.76. The number of ether oxygens (including phenoxy) is 3. The van der Waals surface area contributed by atoms with Gasteiger partial charge in [0.25, 0.3) is 0 Å². The van der Waals surface area contributed by atoms with Crippen molar-refractivity contribution in [2.24, 2.45) is 4.99 Å². The molecule has 0 aliphatic rings. The average molecular weight is 563 g/mol. The van der Waals surface area contributed by atoms with Crippen LogP contribution in [0.1, 0.15) is 44.9 Å². The van der Waals surface area contributed by atoms with Gasteiger partial charge in [0.1, 0.15) is 24.1 Å². The van der Waals surface area contributed by atoms with Crippen LogP contribution in [0.15, 0.2) is 59.9 Å². The maximum absolute atomic E-state index is 14.0. The van der Waals surface area contributed by atoms with E-state index in [9.17, 15) is 14.0 Å². The van der Waals surface area contributed by atoms with Crippen LogP contribution in [0.4, 0.5) is 20.7 Å². The van der Waals surface area contributed by atoms with Crippen molar-refractivity contribution >= 4 is 40.7 Å². The highest BCUT2D eigenvalue weighted by molar-refractivity contribution is 5.91. The minimum atomic E-state index is -0.740. The molecule has 0 radical (unpaired) electrons. The molecule has 11 nitrogen and oxygen atoms in total. The van der Waals surface area contributed by atoms with E-state index in [1.165, 1.54) is 31.5 Å². The molecular weight excluding hydrogens is 531 g/mol. The number of fused-ring (bicyclic) bond motifs is 1. The van der Waals surface area contributed by atoms with Gasteiger partial charge in [0.05, 0.1) is 18.3 Å². The molecule has 0 unspecified atom stereocenters. The smallest absolute Gasteiger partial charge is 0.413 e. The lowest BCUT2D eigenvalue weighted by atomic mass is 10.0. The van der Waals surface area contributed by atoms with Crippen molar-refractivity contribution < 1.29 is 28.2 Å². The lowest BCUT2D eigenvalue weighted by molar-refractivity contribution is -0.138. The first-order chi connectivity index (χ1) is 19.4. The first kappa shape index (κ1) is 29.0. The molecule has 1 atom stereocenters. The van der Waals surface area contributed by atoms with Crippen LogP contribution in [0, 0.1) is 5.82 Å². The molecule has 0 fully saturated rings. The Morgan fingerprint density at radius 3 is 2.68 bits per heavy atom. The van der Waals surface area contributed by atoms with Crippen LogP contribution in [0.3, 0.4) is 0 Å². The molecule has 0 saturated carbocycles. The standard InChI is InChI=1S/C29H31FN6O5/c1-17(21-14-22(31)19(15-32-16-26(37)39-5)12-24(21)36-10-6-9-33-36)40-25-13-18-11-20(30)7-8-23(18)34-27(25)35-28(38)41-29(2,3)4/h6-15,17H,16,31H2,1-5H3,(H,34,35,38)/t17-/m0/s1. The summed E-state index contributed by atoms with van der Waals surface area (Å²) in [5.41, 5.74) is 8.29. The molecule has 3 N–H and O–H groups in total. The summed E-state index contributed by atoms with van der Waals surface area (Å²) < 4.78 is 32.0. The molecule has 0 aliphatic carbocycles. The minimum Gasteiger partial charge on any atom is -0.482 e. The van der Waals surface area contributed by atoms with Gasteiger partial charge in [-0.15, -0.1) is 0 Å². The largest absolute Gasteiger partial charge is 0.482 e. The number of hydrogen-bond donors (Lipinski definition) is 2. The zero-order chi connectivity index (χ0) is 29.7. The van der Waals surface area contributed by atoms with Crippen LogP contribution in [0.5, 0.6) is 5.75 Å². The maximum Gasteiger partial charge on any atom is 0.413 e. The van der Waals surface area contributed by atoms with Gasteiger partial charge in [-0.25, -0.2) is 18.9 Å².